The lowest BCUT2D eigenvalue weighted by Crippen LogP contribution is -2.42. The van der Waals surface area contributed by atoms with Crippen LogP contribution in [0.25, 0.3) is 10.8 Å². The molecule has 6 nitrogen and oxygen atoms in total. The van der Waals surface area contributed by atoms with Gasteiger partial charge >= 0.3 is 0 Å². The van der Waals surface area contributed by atoms with E-state index in [2.05, 4.69) is 10.6 Å². The number of carbonyl (C=O) groups is 3. The summed E-state index contributed by atoms with van der Waals surface area (Å²) in [5.74, 6) is -3.40. The molecule has 0 spiro atoms. The van der Waals surface area contributed by atoms with Gasteiger partial charge in [0.25, 0.3) is 5.91 Å². The number of nitrogens with one attached hydrogen (secondary N) is 2. The van der Waals surface area contributed by atoms with Gasteiger partial charge in [0.1, 0.15) is 0 Å². The highest BCUT2D eigenvalue weighted by Crippen LogP contribution is 2.31. The summed E-state index contributed by atoms with van der Waals surface area (Å²) in [6.45, 7) is 0. The molecular formula is C25H23N2O4-. The molecule has 1 fully saturated rings. The zero-order chi connectivity index (χ0) is 21.8. The van der Waals surface area contributed by atoms with E-state index in [1.54, 1.807) is 24.3 Å². The van der Waals surface area contributed by atoms with Crippen LogP contribution in [0.2, 0.25) is 0 Å². The highest BCUT2D eigenvalue weighted by atomic mass is 16.4. The first-order valence-electron chi connectivity index (χ1n) is 10.4. The molecule has 0 heterocycles. The van der Waals surface area contributed by atoms with Crippen LogP contribution in [0.15, 0.2) is 66.7 Å². The summed E-state index contributed by atoms with van der Waals surface area (Å²) in [6.07, 6.45) is 2.50. The molecule has 0 aromatic heterocycles. The lowest BCUT2D eigenvalue weighted by Gasteiger charge is -2.31. The first kappa shape index (κ1) is 20.6. The van der Waals surface area contributed by atoms with E-state index in [-0.39, 0.29) is 11.8 Å². The molecule has 3 aromatic rings. The number of amides is 2. The zero-order valence-electron chi connectivity index (χ0n) is 17.0. The minimum atomic E-state index is -1.19. The maximum absolute atomic E-state index is 13.0. The Morgan fingerprint density at radius 2 is 1.39 bits per heavy atom. The molecule has 2 N–H and O–H groups in total. The minimum absolute atomic E-state index is 0.310. The molecule has 2 atom stereocenters. The fraction of sp³-hybridized carbons (Fsp3) is 0.240. The second-order valence-corrected chi connectivity index (χ2v) is 7.83. The number of carbonyl (C=O) groups excluding carboxylic acids is 3. The van der Waals surface area contributed by atoms with Gasteiger partial charge in [-0.05, 0) is 36.4 Å². The van der Waals surface area contributed by atoms with Crippen molar-refractivity contribution in [1.29, 1.82) is 0 Å². The van der Waals surface area contributed by atoms with Gasteiger partial charge in [0.2, 0.25) is 5.91 Å². The fourth-order valence-electron chi connectivity index (χ4n) is 4.27. The molecule has 1 aliphatic carbocycles. The van der Waals surface area contributed by atoms with Crippen molar-refractivity contribution in [3.63, 3.8) is 0 Å². The Labute approximate surface area is 180 Å². The van der Waals surface area contributed by atoms with Crippen LogP contribution < -0.4 is 15.7 Å². The number of hydrogen-bond donors (Lipinski definition) is 2. The summed E-state index contributed by atoms with van der Waals surface area (Å²) in [5.41, 5.74) is 1.34. The number of para-hydroxylation sites is 1. The number of anilines is 2. The van der Waals surface area contributed by atoms with Crippen LogP contribution >= 0.6 is 0 Å². The topological polar surface area (TPSA) is 98.3 Å². The van der Waals surface area contributed by atoms with E-state index in [0.29, 0.717) is 29.8 Å². The summed E-state index contributed by atoms with van der Waals surface area (Å²) >= 11 is 0. The number of fused-ring (bicyclic) bond motifs is 1. The molecule has 3 aromatic carbocycles. The van der Waals surface area contributed by atoms with E-state index in [0.717, 1.165) is 23.6 Å². The van der Waals surface area contributed by atoms with Gasteiger partial charge in [-0.25, -0.2) is 0 Å². The van der Waals surface area contributed by atoms with Gasteiger partial charge in [-0.2, -0.15) is 0 Å². The first-order valence-corrected chi connectivity index (χ1v) is 10.4. The molecule has 31 heavy (non-hydrogen) atoms. The van der Waals surface area contributed by atoms with Crippen molar-refractivity contribution in [3.8, 4) is 0 Å². The van der Waals surface area contributed by atoms with E-state index in [4.69, 9.17) is 0 Å². The summed E-state index contributed by atoms with van der Waals surface area (Å²) in [6, 6.07) is 20.1. The van der Waals surface area contributed by atoms with Crippen molar-refractivity contribution >= 4 is 39.9 Å². The molecule has 2 unspecified atom stereocenters. The van der Waals surface area contributed by atoms with Crippen molar-refractivity contribution in [2.24, 2.45) is 11.8 Å². The van der Waals surface area contributed by atoms with Crippen molar-refractivity contribution < 1.29 is 19.5 Å². The maximum Gasteiger partial charge on any atom is 0.257 e. The smallest absolute Gasteiger partial charge is 0.257 e. The van der Waals surface area contributed by atoms with E-state index >= 15 is 0 Å². The SMILES string of the molecule is O=C(Nc1cccc2ccccc12)c1ccccc1NC(=O)C1CCCCC1C(=O)[O-]. The number of carboxylic acid groups (broad SMARTS) is 1. The lowest BCUT2D eigenvalue weighted by molar-refractivity contribution is -0.313. The fourth-order valence-corrected chi connectivity index (χ4v) is 4.27. The van der Waals surface area contributed by atoms with Crippen molar-refractivity contribution in [2.45, 2.75) is 25.7 Å². The second kappa shape index (κ2) is 9.00. The quantitative estimate of drug-likeness (QED) is 0.665. The van der Waals surface area contributed by atoms with Gasteiger partial charge in [0.15, 0.2) is 0 Å². The van der Waals surface area contributed by atoms with Gasteiger partial charge < -0.3 is 20.5 Å². The monoisotopic (exact) mass is 415 g/mol. The highest BCUT2D eigenvalue weighted by molar-refractivity contribution is 6.13. The Hall–Kier alpha value is -3.67. The molecule has 158 valence electrons. The van der Waals surface area contributed by atoms with Gasteiger partial charge in [-0.15, -0.1) is 0 Å². The van der Waals surface area contributed by atoms with Gasteiger partial charge in [-0.3, -0.25) is 9.59 Å². The van der Waals surface area contributed by atoms with Crippen molar-refractivity contribution in [2.75, 3.05) is 10.6 Å². The average Bonchev–Trinajstić information content (AvgIpc) is 2.79. The third-order valence-corrected chi connectivity index (χ3v) is 5.87. The van der Waals surface area contributed by atoms with Crippen LogP contribution in [-0.2, 0) is 9.59 Å². The molecule has 0 saturated heterocycles. The van der Waals surface area contributed by atoms with Crippen LogP contribution in [-0.4, -0.2) is 17.8 Å². The molecule has 2 amide bonds. The highest BCUT2D eigenvalue weighted by Gasteiger charge is 2.32. The average molecular weight is 415 g/mol. The van der Waals surface area contributed by atoms with Crippen LogP contribution in [0.4, 0.5) is 11.4 Å². The summed E-state index contributed by atoms with van der Waals surface area (Å²) in [4.78, 5) is 37.4. The number of carboxylic acids is 1. The molecular weight excluding hydrogens is 392 g/mol. The normalized spacial score (nSPS) is 18.3. The van der Waals surface area contributed by atoms with Crippen molar-refractivity contribution in [1.82, 2.24) is 0 Å². The van der Waals surface area contributed by atoms with Gasteiger partial charge in [0.05, 0.1) is 11.3 Å². The Kier molecular flexibility index (Phi) is 5.98. The summed E-state index contributed by atoms with van der Waals surface area (Å²) in [5, 5.41) is 19.1. The predicted octanol–water partition coefficient (Wildman–Crippen LogP) is 3.59. The van der Waals surface area contributed by atoms with E-state index in [1.165, 1.54) is 0 Å². The largest absolute Gasteiger partial charge is 0.550 e. The predicted molar refractivity (Wildman–Crippen MR) is 117 cm³/mol. The Bertz CT molecular complexity index is 1140. The van der Waals surface area contributed by atoms with E-state index in [1.807, 2.05) is 42.5 Å². The second-order valence-electron chi connectivity index (χ2n) is 7.83. The van der Waals surface area contributed by atoms with Crippen molar-refractivity contribution in [3.05, 3.63) is 72.3 Å². The van der Waals surface area contributed by atoms with Gasteiger partial charge in [-0.1, -0.05) is 61.4 Å². The number of aliphatic carboxylic acids is 1. The molecule has 4 rings (SSSR count). The van der Waals surface area contributed by atoms with Crippen LogP contribution in [0.5, 0.6) is 0 Å². The summed E-state index contributed by atoms with van der Waals surface area (Å²) in [7, 11) is 0. The Balaban J connectivity index is 1.56. The molecule has 0 aliphatic heterocycles. The van der Waals surface area contributed by atoms with E-state index < -0.39 is 17.8 Å². The zero-order valence-corrected chi connectivity index (χ0v) is 17.0. The molecule has 0 bridgehead atoms. The van der Waals surface area contributed by atoms with Gasteiger partial charge in [0, 0.05) is 28.9 Å². The summed E-state index contributed by atoms with van der Waals surface area (Å²) < 4.78 is 0. The Morgan fingerprint density at radius 3 is 2.19 bits per heavy atom. The van der Waals surface area contributed by atoms with Crippen LogP contribution in [0.3, 0.4) is 0 Å². The third-order valence-electron chi connectivity index (χ3n) is 5.87. The standard InChI is InChI=1S/C25H24N2O4/c28-23(18-11-3-4-12-19(18)25(30)31)27-22-14-6-5-13-20(22)24(29)26-21-15-7-9-16-8-1-2-10-17(16)21/h1-2,5-10,13-15,18-19H,3-4,11-12H2,(H,26,29)(H,27,28)(H,30,31)/p-1. The van der Waals surface area contributed by atoms with Crippen LogP contribution in [0.1, 0.15) is 36.0 Å². The molecule has 1 saturated carbocycles. The molecule has 0 radical (unpaired) electrons. The lowest BCUT2D eigenvalue weighted by atomic mass is 9.78. The maximum atomic E-state index is 13.0. The molecule has 6 heteroatoms. The third kappa shape index (κ3) is 4.43. The van der Waals surface area contributed by atoms with Crippen LogP contribution in [0, 0.1) is 11.8 Å². The first-order chi connectivity index (χ1) is 15.0. The number of hydrogen-bond acceptors (Lipinski definition) is 4. The Morgan fingerprint density at radius 1 is 0.742 bits per heavy atom. The number of rotatable bonds is 5. The molecule has 1 aliphatic rings. The number of benzene rings is 3. The minimum Gasteiger partial charge on any atom is -0.550 e. The van der Waals surface area contributed by atoms with E-state index in [9.17, 15) is 19.5 Å².